The molecule has 1 aromatic heterocycles. The lowest BCUT2D eigenvalue weighted by Crippen LogP contribution is -2.33. The fraction of sp³-hybridized carbons (Fsp3) is 0.733. The lowest BCUT2D eigenvalue weighted by Gasteiger charge is -2.23. The monoisotopic (exact) mass is 293 g/mol. The number of aliphatic hydroxyl groups excluding tert-OH is 1. The Morgan fingerprint density at radius 2 is 2.05 bits per heavy atom. The minimum atomic E-state index is 0.231. The molecule has 0 aliphatic carbocycles. The highest BCUT2D eigenvalue weighted by atomic mass is 16.3. The minimum absolute atomic E-state index is 0.231. The second kappa shape index (κ2) is 7.56. The first-order valence-electron chi connectivity index (χ1n) is 7.79. The van der Waals surface area contributed by atoms with Crippen molar-refractivity contribution in [2.75, 3.05) is 56.6 Å². The number of rotatable bonds is 5. The maximum Gasteiger partial charge on any atom is 0.135 e. The van der Waals surface area contributed by atoms with Crippen LogP contribution < -0.4 is 10.2 Å². The van der Waals surface area contributed by atoms with Crippen LogP contribution in [-0.2, 0) is 0 Å². The summed E-state index contributed by atoms with van der Waals surface area (Å²) < 4.78 is 0. The zero-order valence-electron chi connectivity index (χ0n) is 13.3. The summed E-state index contributed by atoms with van der Waals surface area (Å²) in [6.45, 7) is 9.17. The maximum absolute atomic E-state index is 9.07. The minimum Gasteiger partial charge on any atom is -0.395 e. The number of anilines is 2. The molecule has 1 fully saturated rings. The average Bonchev–Trinajstić information content (AvgIpc) is 2.73. The van der Waals surface area contributed by atoms with Crippen molar-refractivity contribution in [3.63, 3.8) is 0 Å². The molecule has 0 aromatic carbocycles. The first-order valence-corrected chi connectivity index (χ1v) is 7.79. The van der Waals surface area contributed by atoms with Crippen molar-refractivity contribution in [2.24, 2.45) is 0 Å². The first kappa shape index (κ1) is 16.0. The predicted molar refractivity (Wildman–Crippen MR) is 86.0 cm³/mol. The molecule has 0 atom stereocenters. The van der Waals surface area contributed by atoms with Crippen molar-refractivity contribution < 1.29 is 5.11 Å². The largest absolute Gasteiger partial charge is 0.395 e. The second-order valence-corrected chi connectivity index (χ2v) is 5.78. The topological polar surface area (TPSA) is 64.5 Å². The predicted octanol–water partition coefficient (Wildman–Crippen LogP) is 1.15. The Morgan fingerprint density at radius 3 is 2.71 bits per heavy atom. The molecule has 0 radical (unpaired) electrons. The lowest BCUT2D eigenvalue weighted by atomic mass is 10.2. The molecule has 0 saturated carbocycles. The van der Waals surface area contributed by atoms with Crippen LogP contribution >= 0.6 is 0 Å². The van der Waals surface area contributed by atoms with Gasteiger partial charge in [-0.2, -0.15) is 0 Å². The summed E-state index contributed by atoms with van der Waals surface area (Å²) in [4.78, 5) is 13.9. The van der Waals surface area contributed by atoms with Crippen LogP contribution in [0.25, 0.3) is 0 Å². The molecular formula is C15H27N5O. The lowest BCUT2D eigenvalue weighted by molar-refractivity contribution is 0.204. The van der Waals surface area contributed by atoms with Crippen molar-refractivity contribution >= 4 is 11.6 Å². The van der Waals surface area contributed by atoms with Gasteiger partial charge >= 0.3 is 0 Å². The van der Waals surface area contributed by atoms with Gasteiger partial charge in [0.25, 0.3) is 0 Å². The summed E-state index contributed by atoms with van der Waals surface area (Å²) in [6.07, 6.45) is 1.09. The fourth-order valence-electron chi connectivity index (χ4n) is 2.57. The first-order chi connectivity index (χ1) is 10.1. The van der Waals surface area contributed by atoms with E-state index in [2.05, 4.69) is 33.9 Å². The molecule has 0 spiro atoms. The summed E-state index contributed by atoms with van der Waals surface area (Å²) in [5.41, 5.74) is 0. The number of nitrogens with zero attached hydrogens (tertiary/aromatic N) is 4. The van der Waals surface area contributed by atoms with Crippen LogP contribution in [0.5, 0.6) is 0 Å². The summed E-state index contributed by atoms with van der Waals surface area (Å²) in [5, 5.41) is 12.2. The van der Waals surface area contributed by atoms with Crippen LogP contribution in [-0.4, -0.2) is 66.4 Å². The van der Waals surface area contributed by atoms with Gasteiger partial charge in [-0.1, -0.05) is 13.8 Å². The Balaban J connectivity index is 2.15. The molecule has 2 N–H and O–H groups in total. The van der Waals surface area contributed by atoms with Gasteiger partial charge in [0.2, 0.25) is 0 Å². The van der Waals surface area contributed by atoms with Gasteiger partial charge in [-0.05, 0) is 13.0 Å². The van der Waals surface area contributed by atoms with Gasteiger partial charge in [0, 0.05) is 45.2 Å². The zero-order valence-corrected chi connectivity index (χ0v) is 13.3. The van der Waals surface area contributed by atoms with Crippen LogP contribution in [0.2, 0.25) is 0 Å². The van der Waals surface area contributed by atoms with E-state index >= 15 is 0 Å². The standard InChI is InChI=1S/C15H27N5O/c1-12(2)15-17-13(16-3)11-14(18-15)20-6-4-5-19(7-8-20)9-10-21/h11-12,21H,4-10H2,1-3H3,(H,16,17,18). The molecule has 2 rings (SSSR count). The van der Waals surface area contributed by atoms with Gasteiger partial charge < -0.3 is 15.3 Å². The van der Waals surface area contributed by atoms with E-state index in [1.54, 1.807) is 0 Å². The van der Waals surface area contributed by atoms with Crippen molar-refractivity contribution in [3.8, 4) is 0 Å². The highest BCUT2D eigenvalue weighted by Gasteiger charge is 2.17. The van der Waals surface area contributed by atoms with E-state index < -0.39 is 0 Å². The molecule has 1 saturated heterocycles. The number of aromatic nitrogens is 2. The summed E-state index contributed by atoms with van der Waals surface area (Å²) in [5.74, 6) is 3.08. The number of β-amino-alcohol motifs (C(OH)–C–C–N with tert-alkyl or cyclic N) is 1. The van der Waals surface area contributed by atoms with Crippen LogP contribution in [0.3, 0.4) is 0 Å². The number of aliphatic hydroxyl groups is 1. The van der Waals surface area contributed by atoms with Crippen LogP contribution in [0.4, 0.5) is 11.6 Å². The van der Waals surface area contributed by atoms with E-state index in [4.69, 9.17) is 10.1 Å². The zero-order chi connectivity index (χ0) is 15.2. The third-order valence-electron chi connectivity index (χ3n) is 3.83. The van der Waals surface area contributed by atoms with Gasteiger partial charge in [-0.25, -0.2) is 9.97 Å². The third-order valence-corrected chi connectivity index (χ3v) is 3.83. The number of hydrogen-bond acceptors (Lipinski definition) is 6. The van der Waals surface area contributed by atoms with E-state index in [1.165, 1.54) is 0 Å². The van der Waals surface area contributed by atoms with Crippen LogP contribution in [0.15, 0.2) is 6.07 Å². The van der Waals surface area contributed by atoms with E-state index in [0.29, 0.717) is 5.92 Å². The number of hydrogen-bond donors (Lipinski definition) is 2. The molecule has 1 aromatic rings. The Labute approximate surface area is 127 Å². The van der Waals surface area contributed by atoms with Gasteiger partial charge in [-0.3, -0.25) is 4.90 Å². The van der Waals surface area contributed by atoms with Gasteiger partial charge in [0.15, 0.2) is 0 Å². The van der Waals surface area contributed by atoms with E-state index in [-0.39, 0.29) is 6.61 Å². The summed E-state index contributed by atoms with van der Waals surface area (Å²) >= 11 is 0. The molecule has 2 heterocycles. The molecule has 0 amide bonds. The number of nitrogens with one attached hydrogen (secondary N) is 1. The van der Waals surface area contributed by atoms with Crippen molar-refractivity contribution in [1.29, 1.82) is 0 Å². The smallest absolute Gasteiger partial charge is 0.135 e. The fourth-order valence-corrected chi connectivity index (χ4v) is 2.57. The quantitative estimate of drug-likeness (QED) is 0.849. The summed E-state index contributed by atoms with van der Waals surface area (Å²) in [6, 6.07) is 2.02. The second-order valence-electron chi connectivity index (χ2n) is 5.78. The van der Waals surface area contributed by atoms with Crippen LogP contribution in [0, 0.1) is 0 Å². The average molecular weight is 293 g/mol. The molecule has 118 valence electrons. The third kappa shape index (κ3) is 4.28. The highest BCUT2D eigenvalue weighted by molar-refractivity contribution is 5.49. The van der Waals surface area contributed by atoms with Gasteiger partial charge in [0.1, 0.15) is 17.5 Å². The normalized spacial score (nSPS) is 17.1. The molecule has 6 nitrogen and oxygen atoms in total. The summed E-state index contributed by atoms with van der Waals surface area (Å²) in [7, 11) is 1.89. The molecule has 1 aliphatic rings. The van der Waals surface area contributed by atoms with E-state index in [0.717, 1.165) is 56.6 Å². The Kier molecular flexibility index (Phi) is 5.76. The highest BCUT2D eigenvalue weighted by Crippen LogP contribution is 2.21. The van der Waals surface area contributed by atoms with Crippen molar-refractivity contribution in [1.82, 2.24) is 14.9 Å². The molecule has 0 unspecified atom stereocenters. The molecular weight excluding hydrogens is 266 g/mol. The maximum atomic E-state index is 9.07. The molecule has 1 aliphatic heterocycles. The molecule has 6 heteroatoms. The SMILES string of the molecule is CNc1cc(N2CCCN(CCO)CC2)nc(C(C)C)n1. The van der Waals surface area contributed by atoms with Crippen molar-refractivity contribution in [2.45, 2.75) is 26.2 Å². The van der Waals surface area contributed by atoms with Gasteiger partial charge in [0.05, 0.1) is 6.61 Å². The Hall–Kier alpha value is -1.40. The Bertz CT molecular complexity index is 452. The van der Waals surface area contributed by atoms with Crippen molar-refractivity contribution in [3.05, 3.63) is 11.9 Å². The Morgan fingerprint density at radius 1 is 1.24 bits per heavy atom. The van der Waals surface area contributed by atoms with E-state index in [9.17, 15) is 0 Å². The van der Waals surface area contributed by atoms with Crippen LogP contribution in [0.1, 0.15) is 32.0 Å². The molecule has 0 bridgehead atoms. The molecule has 21 heavy (non-hydrogen) atoms. The van der Waals surface area contributed by atoms with Gasteiger partial charge in [-0.15, -0.1) is 0 Å². The van der Waals surface area contributed by atoms with E-state index in [1.807, 2.05) is 13.1 Å².